The molecule has 1 amide bonds. The van der Waals surface area contributed by atoms with E-state index < -0.39 is 10.0 Å². The first-order valence-electron chi connectivity index (χ1n) is 10.9. The van der Waals surface area contributed by atoms with Crippen molar-refractivity contribution in [2.24, 2.45) is 0 Å². The molecular formula is C23H27N5O4S. The number of fused-ring (bicyclic) bond motifs is 1. The van der Waals surface area contributed by atoms with Gasteiger partial charge in [0, 0.05) is 44.7 Å². The number of carbonyl (C=O) groups is 1. The van der Waals surface area contributed by atoms with Crippen molar-refractivity contribution in [3.8, 4) is 0 Å². The highest BCUT2D eigenvalue weighted by Crippen LogP contribution is 2.20. The Morgan fingerprint density at radius 3 is 2.48 bits per heavy atom. The van der Waals surface area contributed by atoms with E-state index in [1.165, 1.54) is 16.4 Å². The highest BCUT2D eigenvalue weighted by Gasteiger charge is 2.27. The highest BCUT2D eigenvalue weighted by molar-refractivity contribution is 7.89. The summed E-state index contributed by atoms with van der Waals surface area (Å²) in [5, 5.41) is 3.33. The van der Waals surface area contributed by atoms with Crippen LogP contribution in [0.1, 0.15) is 18.7 Å². The number of amides is 1. The molecule has 0 atom stereocenters. The Bertz CT molecular complexity index is 1300. The average Bonchev–Trinajstić information content (AvgIpc) is 2.80. The van der Waals surface area contributed by atoms with Crippen molar-refractivity contribution in [1.29, 1.82) is 0 Å². The fraction of sp³-hybridized carbons (Fsp3) is 0.348. The predicted molar refractivity (Wildman–Crippen MR) is 127 cm³/mol. The number of carbonyl (C=O) groups excluding carboxylic acids is 1. The van der Waals surface area contributed by atoms with E-state index in [4.69, 9.17) is 0 Å². The SMILES string of the molecule is CN1CCN(S(=O)(=O)c2ccc(NC(=O)CCCc3nc4ccccc4c(=O)[nH]3)cc2)CC1. The molecule has 1 saturated heterocycles. The number of benzene rings is 2. The standard InChI is InChI=1S/C23H27N5O4S/c1-27-13-15-28(16-14-27)33(31,32)18-11-9-17(10-12-18)24-22(29)8-4-7-21-25-20-6-3-2-5-19(20)23(30)26-21/h2-3,5-6,9-12H,4,7-8,13-16H2,1H3,(H,24,29)(H,25,26,30). The van der Waals surface area contributed by atoms with Gasteiger partial charge in [-0.05, 0) is 49.9 Å². The molecule has 1 aromatic heterocycles. The number of nitrogens with one attached hydrogen (secondary N) is 2. The molecule has 3 aromatic rings. The minimum atomic E-state index is -3.54. The van der Waals surface area contributed by atoms with E-state index in [0.29, 0.717) is 61.4 Å². The van der Waals surface area contributed by atoms with Crippen LogP contribution < -0.4 is 10.9 Å². The third-order valence-corrected chi connectivity index (χ3v) is 7.63. The number of sulfonamides is 1. The van der Waals surface area contributed by atoms with Crippen molar-refractivity contribution in [2.45, 2.75) is 24.2 Å². The second-order valence-corrected chi connectivity index (χ2v) is 10.1. The maximum absolute atomic E-state index is 12.8. The maximum atomic E-state index is 12.8. The van der Waals surface area contributed by atoms with Gasteiger partial charge in [-0.2, -0.15) is 4.31 Å². The summed E-state index contributed by atoms with van der Waals surface area (Å²) in [6, 6.07) is 13.4. The zero-order valence-electron chi connectivity index (χ0n) is 18.5. The summed E-state index contributed by atoms with van der Waals surface area (Å²) in [7, 11) is -1.57. The molecule has 33 heavy (non-hydrogen) atoms. The van der Waals surface area contributed by atoms with E-state index in [0.717, 1.165) is 0 Å². The molecule has 2 heterocycles. The van der Waals surface area contributed by atoms with Crippen LogP contribution in [-0.4, -0.2) is 66.7 Å². The summed E-state index contributed by atoms with van der Waals surface area (Å²) in [5.41, 5.74) is 0.980. The zero-order chi connectivity index (χ0) is 23.4. The highest BCUT2D eigenvalue weighted by atomic mass is 32.2. The van der Waals surface area contributed by atoms with E-state index in [1.807, 2.05) is 13.1 Å². The molecule has 0 spiro atoms. The molecule has 4 rings (SSSR count). The van der Waals surface area contributed by atoms with Crippen LogP contribution in [-0.2, 0) is 21.2 Å². The number of likely N-dealkylation sites (N-methyl/N-ethyl adjacent to an activating group) is 1. The summed E-state index contributed by atoms with van der Waals surface area (Å²) in [4.78, 5) is 34.0. The Hall–Kier alpha value is -3.08. The fourth-order valence-corrected chi connectivity index (χ4v) is 5.20. The number of aromatic amines is 1. The summed E-state index contributed by atoms with van der Waals surface area (Å²) < 4.78 is 27.1. The molecule has 0 saturated carbocycles. The van der Waals surface area contributed by atoms with Crippen molar-refractivity contribution < 1.29 is 13.2 Å². The largest absolute Gasteiger partial charge is 0.326 e. The van der Waals surface area contributed by atoms with E-state index >= 15 is 0 Å². The van der Waals surface area contributed by atoms with Gasteiger partial charge in [0.15, 0.2) is 0 Å². The quantitative estimate of drug-likeness (QED) is 0.545. The summed E-state index contributed by atoms with van der Waals surface area (Å²) in [6.45, 7) is 2.34. The molecule has 2 N–H and O–H groups in total. The number of rotatable bonds is 7. The third-order valence-electron chi connectivity index (χ3n) is 5.72. The number of aryl methyl sites for hydroxylation is 1. The number of para-hydroxylation sites is 1. The minimum absolute atomic E-state index is 0.187. The van der Waals surface area contributed by atoms with Crippen LogP contribution in [0.3, 0.4) is 0 Å². The van der Waals surface area contributed by atoms with Gasteiger partial charge in [0.1, 0.15) is 5.82 Å². The number of hydrogen-bond acceptors (Lipinski definition) is 6. The molecule has 174 valence electrons. The smallest absolute Gasteiger partial charge is 0.258 e. The predicted octanol–water partition coefficient (Wildman–Crippen LogP) is 1.82. The molecule has 0 bridgehead atoms. The maximum Gasteiger partial charge on any atom is 0.258 e. The lowest BCUT2D eigenvalue weighted by molar-refractivity contribution is -0.116. The molecule has 10 heteroatoms. The zero-order valence-corrected chi connectivity index (χ0v) is 19.3. The number of H-pyrrole nitrogens is 1. The minimum Gasteiger partial charge on any atom is -0.326 e. The Kier molecular flexibility index (Phi) is 6.87. The van der Waals surface area contributed by atoms with Crippen LogP contribution in [0.4, 0.5) is 5.69 Å². The van der Waals surface area contributed by atoms with Gasteiger partial charge in [0.25, 0.3) is 5.56 Å². The van der Waals surface area contributed by atoms with Crippen molar-refractivity contribution in [2.75, 3.05) is 38.5 Å². The Balaban J connectivity index is 1.30. The first-order chi connectivity index (χ1) is 15.8. The van der Waals surface area contributed by atoms with Crippen LogP contribution in [0, 0.1) is 0 Å². The van der Waals surface area contributed by atoms with Crippen molar-refractivity contribution >= 4 is 32.5 Å². The third kappa shape index (κ3) is 5.47. The van der Waals surface area contributed by atoms with Crippen LogP contribution in [0.2, 0.25) is 0 Å². The Morgan fingerprint density at radius 2 is 1.76 bits per heavy atom. The number of piperazine rings is 1. The van der Waals surface area contributed by atoms with Gasteiger partial charge in [0.05, 0.1) is 15.8 Å². The van der Waals surface area contributed by atoms with Crippen LogP contribution in [0.5, 0.6) is 0 Å². The van der Waals surface area contributed by atoms with E-state index in [1.54, 1.807) is 30.3 Å². The number of aromatic nitrogens is 2. The van der Waals surface area contributed by atoms with Gasteiger partial charge in [-0.3, -0.25) is 9.59 Å². The van der Waals surface area contributed by atoms with Crippen LogP contribution in [0.15, 0.2) is 58.2 Å². The molecule has 2 aromatic carbocycles. The average molecular weight is 470 g/mol. The van der Waals surface area contributed by atoms with E-state index in [2.05, 4.69) is 20.2 Å². The van der Waals surface area contributed by atoms with Crippen LogP contribution >= 0.6 is 0 Å². The fourth-order valence-electron chi connectivity index (χ4n) is 3.78. The van der Waals surface area contributed by atoms with E-state index in [-0.39, 0.29) is 22.8 Å². The Labute approximate surface area is 192 Å². The number of hydrogen-bond donors (Lipinski definition) is 2. The van der Waals surface area contributed by atoms with Gasteiger partial charge in [-0.25, -0.2) is 13.4 Å². The lowest BCUT2D eigenvalue weighted by Crippen LogP contribution is -2.46. The molecule has 0 radical (unpaired) electrons. The molecule has 0 aliphatic carbocycles. The lowest BCUT2D eigenvalue weighted by Gasteiger charge is -2.31. The molecule has 9 nitrogen and oxygen atoms in total. The van der Waals surface area contributed by atoms with Crippen molar-refractivity contribution in [3.05, 3.63) is 64.7 Å². The van der Waals surface area contributed by atoms with Gasteiger partial charge in [-0.1, -0.05) is 12.1 Å². The van der Waals surface area contributed by atoms with Gasteiger partial charge in [0.2, 0.25) is 15.9 Å². The monoisotopic (exact) mass is 469 g/mol. The summed E-state index contributed by atoms with van der Waals surface area (Å²) in [6.07, 6.45) is 1.23. The topological polar surface area (TPSA) is 115 Å². The second kappa shape index (κ2) is 9.82. The Morgan fingerprint density at radius 1 is 1.06 bits per heavy atom. The first-order valence-corrected chi connectivity index (χ1v) is 12.3. The van der Waals surface area contributed by atoms with Gasteiger partial charge in [-0.15, -0.1) is 0 Å². The normalized spacial score (nSPS) is 15.5. The molecular weight excluding hydrogens is 442 g/mol. The van der Waals surface area contributed by atoms with Crippen molar-refractivity contribution in [3.63, 3.8) is 0 Å². The van der Waals surface area contributed by atoms with Crippen molar-refractivity contribution in [1.82, 2.24) is 19.2 Å². The number of nitrogens with zero attached hydrogens (tertiary/aromatic N) is 3. The number of anilines is 1. The molecule has 1 aliphatic rings. The first kappa shape index (κ1) is 23.1. The summed E-state index contributed by atoms with van der Waals surface area (Å²) >= 11 is 0. The molecule has 0 unspecified atom stereocenters. The lowest BCUT2D eigenvalue weighted by atomic mass is 10.2. The second-order valence-electron chi connectivity index (χ2n) is 8.16. The van der Waals surface area contributed by atoms with Crippen LogP contribution in [0.25, 0.3) is 10.9 Å². The molecule has 1 aliphatic heterocycles. The summed E-state index contributed by atoms with van der Waals surface area (Å²) in [5.74, 6) is 0.359. The van der Waals surface area contributed by atoms with Gasteiger partial charge < -0.3 is 15.2 Å². The molecule has 1 fully saturated rings. The van der Waals surface area contributed by atoms with E-state index in [9.17, 15) is 18.0 Å². The van der Waals surface area contributed by atoms with Gasteiger partial charge >= 0.3 is 0 Å².